The van der Waals surface area contributed by atoms with E-state index in [9.17, 15) is 20.0 Å². The van der Waals surface area contributed by atoms with Crippen LogP contribution < -0.4 is 20.1 Å². The molecule has 0 atom stereocenters. The number of aromatic hydroxyl groups is 1. The van der Waals surface area contributed by atoms with Crippen LogP contribution in [0.25, 0.3) is 6.08 Å². The minimum absolute atomic E-state index is 0.0610. The van der Waals surface area contributed by atoms with Crippen molar-refractivity contribution in [1.82, 2.24) is 0 Å². The van der Waals surface area contributed by atoms with Crippen molar-refractivity contribution in [2.24, 2.45) is 0 Å². The third kappa shape index (κ3) is 7.09. The van der Waals surface area contributed by atoms with Crippen LogP contribution in [0.5, 0.6) is 17.2 Å². The molecule has 0 heterocycles. The van der Waals surface area contributed by atoms with E-state index in [2.05, 4.69) is 26.6 Å². The number of nitriles is 1. The van der Waals surface area contributed by atoms with Gasteiger partial charge in [0.25, 0.3) is 11.8 Å². The van der Waals surface area contributed by atoms with Crippen LogP contribution in [-0.4, -0.2) is 30.6 Å². The summed E-state index contributed by atoms with van der Waals surface area (Å²) >= 11 is 3.40. The molecule has 0 aliphatic carbocycles. The highest BCUT2D eigenvalue weighted by atomic mass is 79.9. The fourth-order valence-corrected chi connectivity index (χ4v) is 3.57. The molecule has 9 heteroatoms. The summed E-state index contributed by atoms with van der Waals surface area (Å²) in [4.78, 5) is 24.8. The molecule has 2 amide bonds. The molecule has 0 bridgehead atoms. The number of hydrogen-bond donors (Lipinski definition) is 3. The average Bonchev–Trinajstić information content (AvgIpc) is 2.84. The van der Waals surface area contributed by atoms with Crippen LogP contribution in [0.3, 0.4) is 0 Å². The van der Waals surface area contributed by atoms with Gasteiger partial charge in [-0.1, -0.05) is 17.7 Å². The largest absolute Gasteiger partial charge is 0.508 e. The Labute approximate surface area is 210 Å². The van der Waals surface area contributed by atoms with Crippen molar-refractivity contribution < 1.29 is 24.2 Å². The summed E-state index contributed by atoms with van der Waals surface area (Å²) in [6, 6.07) is 18.4. The molecule has 178 valence electrons. The molecule has 3 rings (SSSR count). The maximum absolute atomic E-state index is 12.5. The van der Waals surface area contributed by atoms with E-state index >= 15 is 0 Å². The summed E-state index contributed by atoms with van der Waals surface area (Å²) in [5.74, 6) is -0.280. The molecule has 0 aromatic heterocycles. The number of rotatable bonds is 8. The van der Waals surface area contributed by atoms with Crippen LogP contribution in [0.2, 0.25) is 0 Å². The number of methoxy groups -OCH3 is 1. The smallest absolute Gasteiger partial charge is 0.266 e. The van der Waals surface area contributed by atoms with Gasteiger partial charge in [-0.2, -0.15) is 5.26 Å². The molecule has 3 aromatic carbocycles. The lowest BCUT2D eigenvalue weighted by Gasteiger charge is -2.14. The standard InChI is InChI=1S/C26H22BrN3O5/c1-16-3-5-19(6-4-16)29-24(32)15-35-25-22(27)12-17(13-23(25)34-2)11-18(14-28)26(33)30-20-7-9-21(31)10-8-20/h3-13,31H,15H2,1-2H3,(H,29,32)(H,30,33)/b18-11+. The number of anilines is 2. The maximum Gasteiger partial charge on any atom is 0.266 e. The molecule has 0 aliphatic rings. The number of phenolic OH excluding ortho intramolecular Hbond substituents is 1. The highest BCUT2D eigenvalue weighted by Gasteiger charge is 2.15. The van der Waals surface area contributed by atoms with Gasteiger partial charge in [0.1, 0.15) is 17.4 Å². The van der Waals surface area contributed by atoms with Crippen molar-refractivity contribution >= 4 is 45.2 Å². The summed E-state index contributed by atoms with van der Waals surface area (Å²) in [6.45, 7) is 1.70. The number of aryl methyl sites for hydroxylation is 1. The molecule has 3 aromatic rings. The number of amides is 2. The third-order valence-corrected chi connectivity index (χ3v) is 5.32. The molecule has 0 aliphatic heterocycles. The second-order valence-corrected chi connectivity index (χ2v) is 8.26. The lowest BCUT2D eigenvalue weighted by Crippen LogP contribution is -2.20. The number of halogens is 1. The summed E-state index contributed by atoms with van der Waals surface area (Å²) in [7, 11) is 1.44. The van der Waals surface area contributed by atoms with Gasteiger partial charge in [-0.25, -0.2) is 0 Å². The quantitative estimate of drug-likeness (QED) is 0.211. The van der Waals surface area contributed by atoms with Gasteiger partial charge in [0, 0.05) is 11.4 Å². The van der Waals surface area contributed by atoms with E-state index in [0.29, 0.717) is 32.9 Å². The summed E-state index contributed by atoms with van der Waals surface area (Å²) in [5.41, 5.74) is 2.53. The van der Waals surface area contributed by atoms with Crippen molar-refractivity contribution in [3.63, 3.8) is 0 Å². The van der Waals surface area contributed by atoms with Gasteiger partial charge in [0.05, 0.1) is 11.6 Å². The molecule has 8 nitrogen and oxygen atoms in total. The Hall–Kier alpha value is -4.29. The Morgan fingerprint density at radius 2 is 1.69 bits per heavy atom. The summed E-state index contributed by atoms with van der Waals surface area (Å²) in [6.07, 6.45) is 1.40. The minimum atomic E-state index is -0.610. The first kappa shape index (κ1) is 25.3. The summed E-state index contributed by atoms with van der Waals surface area (Å²) < 4.78 is 11.5. The topological polar surface area (TPSA) is 121 Å². The first-order chi connectivity index (χ1) is 16.8. The van der Waals surface area contributed by atoms with Crippen LogP contribution in [0.4, 0.5) is 11.4 Å². The number of phenols is 1. The Balaban J connectivity index is 1.72. The van der Waals surface area contributed by atoms with E-state index in [-0.39, 0.29) is 23.8 Å². The number of nitrogens with zero attached hydrogens (tertiary/aromatic N) is 1. The molecule has 3 N–H and O–H groups in total. The number of carbonyl (C=O) groups excluding carboxylic acids is 2. The molecule has 0 spiro atoms. The number of hydrogen-bond acceptors (Lipinski definition) is 6. The zero-order chi connectivity index (χ0) is 25.4. The van der Waals surface area contributed by atoms with E-state index in [1.807, 2.05) is 25.1 Å². The highest BCUT2D eigenvalue weighted by Crippen LogP contribution is 2.37. The lowest BCUT2D eigenvalue weighted by atomic mass is 10.1. The molecular formula is C26H22BrN3O5. The second kappa shape index (κ2) is 11.7. The Morgan fingerprint density at radius 1 is 1.06 bits per heavy atom. The van der Waals surface area contributed by atoms with Gasteiger partial charge in [-0.3, -0.25) is 9.59 Å². The fraction of sp³-hybridized carbons (Fsp3) is 0.115. The van der Waals surface area contributed by atoms with Gasteiger partial charge < -0.3 is 25.2 Å². The zero-order valence-corrected chi connectivity index (χ0v) is 20.5. The van der Waals surface area contributed by atoms with E-state index in [4.69, 9.17) is 9.47 Å². The molecule has 0 radical (unpaired) electrons. The van der Waals surface area contributed by atoms with Crippen LogP contribution in [-0.2, 0) is 9.59 Å². The minimum Gasteiger partial charge on any atom is -0.508 e. The molecule has 0 unspecified atom stereocenters. The van der Waals surface area contributed by atoms with Crippen molar-refractivity contribution in [2.45, 2.75) is 6.92 Å². The van der Waals surface area contributed by atoms with Gasteiger partial charge in [-0.15, -0.1) is 0 Å². The van der Waals surface area contributed by atoms with Crippen molar-refractivity contribution in [3.8, 4) is 23.3 Å². The van der Waals surface area contributed by atoms with E-state index < -0.39 is 5.91 Å². The van der Waals surface area contributed by atoms with Crippen molar-refractivity contribution in [1.29, 1.82) is 5.26 Å². The third-order valence-electron chi connectivity index (χ3n) is 4.74. The lowest BCUT2D eigenvalue weighted by molar-refractivity contribution is -0.118. The van der Waals surface area contributed by atoms with Crippen LogP contribution in [0, 0.1) is 18.3 Å². The van der Waals surface area contributed by atoms with Crippen LogP contribution >= 0.6 is 15.9 Å². The van der Waals surface area contributed by atoms with Gasteiger partial charge >= 0.3 is 0 Å². The molecule has 0 saturated heterocycles. The number of benzene rings is 3. The summed E-state index contributed by atoms with van der Waals surface area (Å²) in [5, 5.41) is 24.2. The Kier molecular flexibility index (Phi) is 8.48. The average molecular weight is 536 g/mol. The van der Waals surface area contributed by atoms with E-state index in [1.54, 1.807) is 24.3 Å². The first-order valence-corrected chi connectivity index (χ1v) is 11.2. The SMILES string of the molecule is COc1cc(/C=C(\C#N)C(=O)Nc2ccc(O)cc2)cc(Br)c1OCC(=O)Nc1ccc(C)cc1. The predicted octanol–water partition coefficient (Wildman–Crippen LogP) is 5.03. The normalized spacial score (nSPS) is 10.7. The van der Waals surface area contributed by atoms with Crippen LogP contribution in [0.15, 0.2) is 70.7 Å². The molecule has 35 heavy (non-hydrogen) atoms. The number of ether oxygens (including phenoxy) is 2. The highest BCUT2D eigenvalue weighted by molar-refractivity contribution is 9.10. The Morgan fingerprint density at radius 3 is 2.31 bits per heavy atom. The molecular weight excluding hydrogens is 514 g/mol. The van der Waals surface area contributed by atoms with Crippen LogP contribution in [0.1, 0.15) is 11.1 Å². The van der Waals surface area contributed by atoms with Gasteiger partial charge in [0.15, 0.2) is 18.1 Å². The predicted molar refractivity (Wildman–Crippen MR) is 136 cm³/mol. The molecule has 0 fully saturated rings. The Bertz CT molecular complexity index is 1300. The van der Waals surface area contributed by atoms with Gasteiger partial charge in [-0.05, 0) is 83.0 Å². The number of nitrogens with one attached hydrogen (secondary N) is 2. The van der Waals surface area contributed by atoms with Crippen molar-refractivity contribution in [2.75, 3.05) is 24.4 Å². The first-order valence-electron chi connectivity index (χ1n) is 10.4. The number of carbonyl (C=O) groups is 2. The van der Waals surface area contributed by atoms with E-state index in [0.717, 1.165) is 5.56 Å². The monoisotopic (exact) mass is 535 g/mol. The fourth-order valence-electron chi connectivity index (χ4n) is 2.99. The maximum atomic E-state index is 12.5. The second-order valence-electron chi connectivity index (χ2n) is 7.41. The van der Waals surface area contributed by atoms with E-state index in [1.165, 1.54) is 37.5 Å². The molecule has 0 saturated carbocycles. The zero-order valence-electron chi connectivity index (χ0n) is 19.0. The van der Waals surface area contributed by atoms with Gasteiger partial charge in [0.2, 0.25) is 0 Å². The van der Waals surface area contributed by atoms with Crippen molar-refractivity contribution in [3.05, 3.63) is 81.8 Å².